The van der Waals surface area contributed by atoms with Gasteiger partial charge in [0.1, 0.15) is 23.5 Å². The molecule has 86 valence electrons. The SMILES string of the molecule is CCOc1ccc(F)c(C=C(C#N)C#N)c1F. The predicted molar refractivity (Wildman–Crippen MR) is 56.7 cm³/mol. The number of ether oxygens (including phenoxy) is 1. The minimum atomic E-state index is -0.921. The first kappa shape index (κ1) is 12.7. The molecule has 0 heterocycles. The van der Waals surface area contributed by atoms with Gasteiger partial charge in [0.25, 0.3) is 0 Å². The van der Waals surface area contributed by atoms with Crippen molar-refractivity contribution in [1.29, 1.82) is 10.5 Å². The molecule has 0 saturated carbocycles. The number of benzene rings is 1. The third kappa shape index (κ3) is 2.79. The summed E-state index contributed by atoms with van der Waals surface area (Å²) in [5.41, 5.74) is -0.828. The Morgan fingerprint density at radius 1 is 1.35 bits per heavy atom. The van der Waals surface area contributed by atoms with Crippen molar-refractivity contribution in [2.24, 2.45) is 0 Å². The molecule has 0 bridgehead atoms. The van der Waals surface area contributed by atoms with Gasteiger partial charge in [-0.2, -0.15) is 10.5 Å². The van der Waals surface area contributed by atoms with Crippen molar-refractivity contribution in [2.75, 3.05) is 6.61 Å². The maximum atomic E-state index is 13.7. The van der Waals surface area contributed by atoms with Gasteiger partial charge in [-0.15, -0.1) is 0 Å². The lowest BCUT2D eigenvalue weighted by Gasteiger charge is -2.07. The standard InChI is InChI=1S/C12H8F2N2O/c1-2-17-11-4-3-10(13)9(12(11)14)5-8(6-15)7-16/h3-5H,2H2,1H3. The number of nitrogens with zero attached hydrogens (tertiary/aromatic N) is 2. The molecule has 0 aromatic heterocycles. The molecule has 1 aromatic rings. The number of allylic oxidation sites excluding steroid dienone is 1. The minimum absolute atomic E-state index is 0.115. The molecular weight excluding hydrogens is 226 g/mol. The molecule has 5 heteroatoms. The monoisotopic (exact) mass is 234 g/mol. The van der Waals surface area contributed by atoms with Gasteiger partial charge in [0.05, 0.1) is 12.2 Å². The van der Waals surface area contributed by atoms with Crippen molar-refractivity contribution in [2.45, 2.75) is 6.92 Å². The number of halogens is 2. The topological polar surface area (TPSA) is 56.8 Å². The molecule has 0 radical (unpaired) electrons. The van der Waals surface area contributed by atoms with Crippen LogP contribution in [0.15, 0.2) is 17.7 Å². The van der Waals surface area contributed by atoms with Crippen LogP contribution in [-0.2, 0) is 0 Å². The molecule has 1 rings (SSSR count). The van der Waals surface area contributed by atoms with E-state index >= 15 is 0 Å². The molecule has 0 aliphatic heterocycles. The second-order valence-corrected chi connectivity index (χ2v) is 2.99. The fourth-order valence-electron chi connectivity index (χ4n) is 1.18. The maximum absolute atomic E-state index is 13.7. The van der Waals surface area contributed by atoms with Crippen LogP contribution in [0.2, 0.25) is 0 Å². The lowest BCUT2D eigenvalue weighted by Crippen LogP contribution is -1.98. The molecule has 0 unspecified atom stereocenters. The van der Waals surface area contributed by atoms with Crippen LogP contribution in [0.1, 0.15) is 12.5 Å². The Kier molecular flexibility index (Phi) is 4.19. The molecule has 0 atom stereocenters. The van der Waals surface area contributed by atoms with Crippen LogP contribution in [-0.4, -0.2) is 6.61 Å². The first-order chi connectivity index (χ1) is 8.13. The van der Waals surface area contributed by atoms with Crippen LogP contribution in [0.4, 0.5) is 8.78 Å². The highest BCUT2D eigenvalue weighted by atomic mass is 19.1. The molecule has 0 aliphatic carbocycles. The summed E-state index contributed by atoms with van der Waals surface area (Å²) in [5, 5.41) is 17.0. The highest BCUT2D eigenvalue weighted by molar-refractivity contribution is 5.64. The Hall–Kier alpha value is -2.40. The summed E-state index contributed by atoms with van der Waals surface area (Å²) < 4.78 is 32.0. The number of rotatable bonds is 3. The van der Waals surface area contributed by atoms with Crippen LogP contribution in [0.3, 0.4) is 0 Å². The van der Waals surface area contributed by atoms with E-state index in [1.165, 1.54) is 12.1 Å². The van der Waals surface area contributed by atoms with E-state index in [2.05, 4.69) is 0 Å². The molecule has 0 spiro atoms. The van der Waals surface area contributed by atoms with Crippen molar-refractivity contribution in [3.63, 3.8) is 0 Å². The van der Waals surface area contributed by atoms with Gasteiger partial charge in [0.2, 0.25) is 0 Å². The normalized spacial score (nSPS) is 9.00. The van der Waals surface area contributed by atoms with Gasteiger partial charge in [-0.1, -0.05) is 0 Å². The van der Waals surface area contributed by atoms with E-state index in [1.807, 2.05) is 0 Å². The molecule has 3 nitrogen and oxygen atoms in total. The quantitative estimate of drug-likeness (QED) is 0.755. The second-order valence-electron chi connectivity index (χ2n) is 2.99. The zero-order valence-corrected chi connectivity index (χ0v) is 9.00. The van der Waals surface area contributed by atoms with E-state index in [0.717, 1.165) is 18.2 Å². The fraction of sp³-hybridized carbons (Fsp3) is 0.167. The average Bonchev–Trinajstić information content (AvgIpc) is 2.33. The van der Waals surface area contributed by atoms with E-state index in [9.17, 15) is 8.78 Å². The summed E-state index contributed by atoms with van der Waals surface area (Å²) >= 11 is 0. The Morgan fingerprint density at radius 2 is 2.00 bits per heavy atom. The van der Waals surface area contributed by atoms with Gasteiger partial charge >= 0.3 is 0 Å². The number of hydrogen-bond acceptors (Lipinski definition) is 3. The molecule has 0 saturated heterocycles. The Balaban J connectivity index is 3.34. The van der Waals surface area contributed by atoms with Gasteiger partial charge in [0, 0.05) is 0 Å². The summed E-state index contributed by atoms with van der Waals surface area (Å²) in [4.78, 5) is 0. The molecule has 0 aliphatic rings. The van der Waals surface area contributed by atoms with E-state index in [4.69, 9.17) is 15.3 Å². The van der Waals surface area contributed by atoms with Crippen LogP contribution in [0.25, 0.3) is 6.08 Å². The van der Waals surface area contributed by atoms with Gasteiger partial charge in [0.15, 0.2) is 11.6 Å². The Labute approximate surface area is 97.2 Å². The highest BCUT2D eigenvalue weighted by Crippen LogP contribution is 2.25. The molecule has 0 N–H and O–H groups in total. The first-order valence-electron chi connectivity index (χ1n) is 4.76. The van der Waals surface area contributed by atoms with Crippen LogP contribution in [0, 0.1) is 34.3 Å². The van der Waals surface area contributed by atoms with E-state index in [-0.39, 0.29) is 17.9 Å². The molecule has 1 aromatic carbocycles. The van der Waals surface area contributed by atoms with Crippen LogP contribution in [0.5, 0.6) is 5.75 Å². The molecular formula is C12H8F2N2O. The van der Waals surface area contributed by atoms with Crippen molar-refractivity contribution in [1.82, 2.24) is 0 Å². The summed E-state index contributed by atoms with van der Waals surface area (Å²) in [5.74, 6) is -1.89. The van der Waals surface area contributed by atoms with Gasteiger partial charge in [-0.05, 0) is 25.1 Å². The molecule has 17 heavy (non-hydrogen) atoms. The summed E-state index contributed by atoms with van der Waals surface area (Å²) in [6, 6.07) is 5.24. The van der Waals surface area contributed by atoms with Crippen molar-refractivity contribution < 1.29 is 13.5 Å². The minimum Gasteiger partial charge on any atom is -0.491 e. The van der Waals surface area contributed by atoms with E-state index < -0.39 is 17.2 Å². The van der Waals surface area contributed by atoms with Crippen molar-refractivity contribution in [3.8, 4) is 17.9 Å². The summed E-state index contributed by atoms with van der Waals surface area (Å²) in [7, 11) is 0. The molecule has 0 amide bonds. The second kappa shape index (κ2) is 5.62. The van der Waals surface area contributed by atoms with E-state index in [0.29, 0.717) is 0 Å². The van der Waals surface area contributed by atoms with Crippen LogP contribution >= 0.6 is 0 Å². The Morgan fingerprint density at radius 3 is 2.53 bits per heavy atom. The first-order valence-corrected chi connectivity index (χ1v) is 4.76. The number of nitriles is 2. The number of hydrogen-bond donors (Lipinski definition) is 0. The van der Waals surface area contributed by atoms with Gasteiger partial charge in [-0.25, -0.2) is 8.78 Å². The summed E-state index contributed by atoms with van der Waals surface area (Å²) in [6.07, 6.45) is 0.854. The average molecular weight is 234 g/mol. The maximum Gasteiger partial charge on any atom is 0.175 e. The smallest absolute Gasteiger partial charge is 0.175 e. The third-order valence-corrected chi connectivity index (χ3v) is 1.92. The van der Waals surface area contributed by atoms with E-state index in [1.54, 1.807) is 6.92 Å². The molecule has 0 fully saturated rings. The van der Waals surface area contributed by atoms with Gasteiger partial charge < -0.3 is 4.74 Å². The lowest BCUT2D eigenvalue weighted by atomic mass is 10.1. The van der Waals surface area contributed by atoms with Gasteiger partial charge in [-0.3, -0.25) is 0 Å². The largest absolute Gasteiger partial charge is 0.491 e. The predicted octanol–water partition coefficient (Wildman–Crippen LogP) is 2.79. The zero-order valence-electron chi connectivity index (χ0n) is 9.00. The third-order valence-electron chi connectivity index (χ3n) is 1.92. The Bertz CT molecular complexity index is 523. The van der Waals surface area contributed by atoms with Crippen molar-refractivity contribution in [3.05, 3.63) is 34.9 Å². The van der Waals surface area contributed by atoms with Crippen molar-refractivity contribution >= 4 is 6.08 Å². The van der Waals surface area contributed by atoms with Crippen LogP contribution < -0.4 is 4.74 Å². The zero-order chi connectivity index (χ0) is 12.8. The lowest BCUT2D eigenvalue weighted by molar-refractivity contribution is 0.320. The highest BCUT2D eigenvalue weighted by Gasteiger charge is 2.13. The fourth-order valence-corrected chi connectivity index (χ4v) is 1.18. The summed E-state index contributed by atoms with van der Waals surface area (Å²) in [6.45, 7) is 1.89.